The van der Waals surface area contributed by atoms with Gasteiger partial charge < -0.3 is 24.2 Å². The van der Waals surface area contributed by atoms with E-state index in [0.29, 0.717) is 24.9 Å². The summed E-state index contributed by atoms with van der Waals surface area (Å²) in [7, 11) is 3.79. The number of fused-ring (bicyclic) bond motifs is 2. The van der Waals surface area contributed by atoms with Crippen LogP contribution in [0.1, 0.15) is 5.56 Å². The Morgan fingerprint density at radius 3 is 2.74 bits per heavy atom. The summed E-state index contributed by atoms with van der Waals surface area (Å²) in [5, 5.41) is 0. The first-order chi connectivity index (χ1) is 15.0. The lowest BCUT2D eigenvalue weighted by Gasteiger charge is -2.28. The fourth-order valence-corrected chi connectivity index (χ4v) is 6.60. The van der Waals surface area contributed by atoms with Crippen molar-refractivity contribution in [3.8, 4) is 5.75 Å². The van der Waals surface area contributed by atoms with Crippen LogP contribution in [0.25, 0.3) is 0 Å². The largest absolute Gasteiger partial charge is 0.497 e. The van der Waals surface area contributed by atoms with E-state index < -0.39 is 17.4 Å². The van der Waals surface area contributed by atoms with Crippen LogP contribution < -0.4 is 4.74 Å². The molecule has 1 aromatic rings. The monoisotopic (exact) mass is 423 g/mol. The molecule has 2 bridgehead atoms. The van der Waals surface area contributed by atoms with Crippen LogP contribution >= 0.6 is 0 Å². The van der Waals surface area contributed by atoms with Gasteiger partial charge in [0, 0.05) is 32.7 Å². The first kappa shape index (κ1) is 19.3. The van der Waals surface area contributed by atoms with Crippen molar-refractivity contribution >= 4 is 11.8 Å². The van der Waals surface area contributed by atoms with Crippen molar-refractivity contribution in [2.75, 3.05) is 46.9 Å². The maximum absolute atomic E-state index is 13.6. The van der Waals surface area contributed by atoms with Crippen molar-refractivity contribution < 1.29 is 19.1 Å². The molecule has 1 spiro atoms. The molecular formula is C24H29N3O4. The molecule has 5 aliphatic heterocycles. The predicted molar refractivity (Wildman–Crippen MR) is 113 cm³/mol. The number of ether oxygens (including phenoxy) is 2. The standard InChI is InChI=1S/C24H29N3O4/c1-25-10-16-12-26(13-17(16)11-25)22(28)20-19-6-7-24(31-19)14-27(23(29)21(20)24)9-15-4-3-5-18(8-15)30-2/h3-8,16-17,19-21H,9-14H2,1-2H3/t16-,17+,19-,20+,21+,24-/m0/s1. The first-order valence-corrected chi connectivity index (χ1v) is 11.2. The SMILES string of the molecule is COc1cccc(CN2C[C@]34C=C[C@H](O3)[C@@H](C(=O)N3C[C@H]5CN(C)C[C@H]5C3)[C@@H]4C2=O)c1. The second-order valence-electron chi connectivity index (χ2n) is 9.93. The molecule has 0 aliphatic carbocycles. The number of carbonyl (C=O) groups is 2. The number of carbonyl (C=O) groups excluding carboxylic acids is 2. The lowest BCUT2D eigenvalue weighted by atomic mass is 9.76. The Bertz CT molecular complexity index is 950. The molecular weight excluding hydrogens is 394 g/mol. The van der Waals surface area contributed by atoms with E-state index in [9.17, 15) is 9.59 Å². The molecule has 0 radical (unpaired) electrons. The molecule has 6 atom stereocenters. The van der Waals surface area contributed by atoms with Gasteiger partial charge >= 0.3 is 0 Å². The van der Waals surface area contributed by atoms with Crippen molar-refractivity contribution in [2.45, 2.75) is 18.2 Å². The number of hydrogen-bond donors (Lipinski definition) is 0. The number of hydrogen-bond acceptors (Lipinski definition) is 5. The zero-order valence-electron chi connectivity index (χ0n) is 18.1. The third-order valence-corrected chi connectivity index (χ3v) is 7.95. The number of amides is 2. The summed E-state index contributed by atoms with van der Waals surface area (Å²) in [6, 6.07) is 7.78. The number of likely N-dealkylation sites (tertiary alicyclic amines) is 3. The van der Waals surface area contributed by atoms with Crippen LogP contribution in [-0.2, 0) is 20.9 Å². The molecule has 0 N–H and O–H groups in total. The van der Waals surface area contributed by atoms with Gasteiger partial charge in [-0.3, -0.25) is 9.59 Å². The van der Waals surface area contributed by atoms with Gasteiger partial charge in [-0.15, -0.1) is 0 Å². The maximum Gasteiger partial charge on any atom is 0.230 e. The Kier molecular flexibility index (Phi) is 4.24. The van der Waals surface area contributed by atoms with Crippen molar-refractivity contribution in [3.05, 3.63) is 42.0 Å². The van der Waals surface area contributed by atoms with Crippen LogP contribution in [0.4, 0.5) is 0 Å². The smallest absolute Gasteiger partial charge is 0.230 e. The van der Waals surface area contributed by atoms with E-state index in [1.807, 2.05) is 46.2 Å². The minimum atomic E-state index is -0.656. The van der Waals surface area contributed by atoms with E-state index in [4.69, 9.17) is 9.47 Å². The van der Waals surface area contributed by atoms with E-state index in [0.717, 1.165) is 37.5 Å². The van der Waals surface area contributed by atoms with Gasteiger partial charge in [0.05, 0.1) is 31.6 Å². The van der Waals surface area contributed by atoms with Crippen LogP contribution in [0.3, 0.4) is 0 Å². The minimum absolute atomic E-state index is 0.0344. The number of benzene rings is 1. The minimum Gasteiger partial charge on any atom is -0.497 e. The molecule has 4 saturated heterocycles. The lowest BCUT2D eigenvalue weighted by Crippen LogP contribution is -2.46. The van der Waals surface area contributed by atoms with Gasteiger partial charge in [0.25, 0.3) is 0 Å². The third kappa shape index (κ3) is 2.86. The summed E-state index contributed by atoms with van der Waals surface area (Å²) in [6.07, 6.45) is 3.76. The van der Waals surface area contributed by atoms with Crippen molar-refractivity contribution in [2.24, 2.45) is 23.7 Å². The molecule has 7 heteroatoms. The molecule has 5 aliphatic rings. The van der Waals surface area contributed by atoms with Crippen LogP contribution in [0.15, 0.2) is 36.4 Å². The van der Waals surface area contributed by atoms with E-state index in [1.165, 1.54) is 0 Å². The molecule has 0 aromatic heterocycles. The molecule has 2 amide bonds. The zero-order chi connectivity index (χ0) is 21.3. The molecule has 0 unspecified atom stereocenters. The highest BCUT2D eigenvalue weighted by molar-refractivity contribution is 5.93. The second-order valence-corrected chi connectivity index (χ2v) is 9.93. The molecule has 0 saturated carbocycles. The normalized spacial score (nSPS) is 38.3. The average Bonchev–Trinajstić information content (AvgIpc) is 3.53. The number of nitrogens with zero attached hydrogens (tertiary/aromatic N) is 3. The van der Waals surface area contributed by atoms with Gasteiger partial charge in [-0.25, -0.2) is 0 Å². The molecule has 164 valence electrons. The van der Waals surface area contributed by atoms with Crippen LogP contribution in [-0.4, -0.2) is 85.1 Å². The summed E-state index contributed by atoms with van der Waals surface area (Å²) < 4.78 is 11.6. The maximum atomic E-state index is 13.6. The Labute approximate surface area is 182 Å². The van der Waals surface area contributed by atoms with E-state index in [1.54, 1.807) is 7.11 Å². The topological polar surface area (TPSA) is 62.3 Å². The van der Waals surface area contributed by atoms with Gasteiger partial charge in [-0.1, -0.05) is 24.3 Å². The fourth-order valence-electron chi connectivity index (χ4n) is 6.60. The van der Waals surface area contributed by atoms with Crippen molar-refractivity contribution in [1.29, 1.82) is 0 Å². The summed E-state index contributed by atoms with van der Waals surface area (Å²) in [5.74, 6) is 1.22. The third-order valence-electron chi connectivity index (χ3n) is 7.95. The molecule has 31 heavy (non-hydrogen) atoms. The highest BCUT2D eigenvalue weighted by Crippen LogP contribution is 2.53. The van der Waals surface area contributed by atoms with Gasteiger partial charge in [0.15, 0.2) is 0 Å². The van der Waals surface area contributed by atoms with E-state index >= 15 is 0 Å². The first-order valence-electron chi connectivity index (χ1n) is 11.2. The average molecular weight is 424 g/mol. The summed E-state index contributed by atoms with van der Waals surface area (Å²) in [4.78, 5) is 33.3. The Hall–Kier alpha value is -2.38. The van der Waals surface area contributed by atoms with Crippen LogP contribution in [0.2, 0.25) is 0 Å². The second kappa shape index (κ2) is 6.81. The highest BCUT2D eigenvalue weighted by Gasteiger charge is 2.67. The van der Waals surface area contributed by atoms with E-state index in [-0.39, 0.29) is 17.9 Å². The lowest BCUT2D eigenvalue weighted by molar-refractivity contribution is -0.143. The number of methoxy groups -OCH3 is 1. The van der Waals surface area contributed by atoms with Crippen molar-refractivity contribution in [3.63, 3.8) is 0 Å². The van der Waals surface area contributed by atoms with Crippen LogP contribution in [0.5, 0.6) is 5.75 Å². The molecule has 6 rings (SSSR count). The molecule has 7 nitrogen and oxygen atoms in total. The summed E-state index contributed by atoms with van der Waals surface area (Å²) >= 11 is 0. The van der Waals surface area contributed by atoms with Gasteiger partial charge in [-0.2, -0.15) is 0 Å². The van der Waals surface area contributed by atoms with Gasteiger partial charge in [-0.05, 0) is 36.6 Å². The van der Waals surface area contributed by atoms with Crippen LogP contribution in [0, 0.1) is 23.7 Å². The fraction of sp³-hybridized carbons (Fsp3) is 0.583. The molecule has 1 aromatic carbocycles. The van der Waals surface area contributed by atoms with E-state index in [2.05, 4.69) is 11.9 Å². The Morgan fingerprint density at radius 1 is 1.23 bits per heavy atom. The predicted octanol–water partition coefficient (Wildman–Crippen LogP) is 0.997. The molecule has 4 fully saturated rings. The highest BCUT2D eigenvalue weighted by atomic mass is 16.5. The zero-order valence-corrected chi connectivity index (χ0v) is 18.1. The van der Waals surface area contributed by atoms with Gasteiger partial charge in [0.1, 0.15) is 11.4 Å². The van der Waals surface area contributed by atoms with Crippen molar-refractivity contribution in [1.82, 2.24) is 14.7 Å². The number of rotatable bonds is 4. The Balaban J connectivity index is 1.21. The molecule has 5 heterocycles. The van der Waals surface area contributed by atoms with Gasteiger partial charge in [0.2, 0.25) is 11.8 Å². The quantitative estimate of drug-likeness (QED) is 0.676. The summed E-state index contributed by atoms with van der Waals surface area (Å²) in [6.45, 7) is 4.72. The summed E-state index contributed by atoms with van der Waals surface area (Å²) in [5.41, 5.74) is 0.360. The Morgan fingerprint density at radius 2 is 2.00 bits per heavy atom.